The molecule has 1 fully saturated rings. The van der Waals surface area contributed by atoms with Crippen molar-refractivity contribution in [2.45, 2.75) is 39.2 Å². The quantitative estimate of drug-likeness (QED) is 0.718. The van der Waals surface area contributed by atoms with Gasteiger partial charge in [0, 0.05) is 12.0 Å². The molecule has 0 spiro atoms. The van der Waals surface area contributed by atoms with Crippen molar-refractivity contribution < 1.29 is 4.79 Å². The summed E-state index contributed by atoms with van der Waals surface area (Å²) in [4.78, 5) is 14.1. The predicted molar refractivity (Wildman–Crippen MR) is 61.0 cm³/mol. The first-order valence-electron chi connectivity index (χ1n) is 5.11. The van der Waals surface area contributed by atoms with Gasteiger partial charge in [0.15, 0.2) is 0 Å². The van der Waals surface area contributed by atoms with Gasteiger partial charge in [0.05, 0.1) is 11.5 Å². The maximum absolute atomic E-state index is 11.9. The van der Waals surface area contributed by atoms with Crippen LogP contribution in [0, 0.1) is 5.92 Å². The molecule has 0 aromatic heterocycles. The van der Waals surface area contributed by atoms with Crippen molar-refractivity contribution in [3.05, 3.63) is 0 Å². The van der Waals surface area contributed by atoms with Crippen LogP contribution in [0.3, 0.4) is 0 Å². The summed E-state index contributed by atoms with van der Waals surface area (Å²) in [7, 11) is 0. The van der Waals surface area contributed by atoms with E-state index in [-0.39, 0.29) is 17.9 Å². The van der Waals surface area contributed by atoms with Crippen LogP contribution in [0.1, 0.15) is 33.1 Å². The predicted octanol–water partition coefficient (Wildman–Crippen LogP) is 1.31. The molecule has 4 heteroatoms. The van der Waals surface area contributed by atoms with E-state index in [0.717, 1.165) is 12.8 Å². The third-order valence-corrected chi connectivity index (χ3v) is 2.82. The summed E-state index contributed by atoms with van der Waals surface area (Å²) in [5, 5.41) is 0. The van der Waals surface area contributed by atoms with Gasteiger partial charge in [0.25, 0.3) is 0 Å². The van der Waals surface area contributed by atoms with Gasteiger partial charge in [0.1, 0.15) is 0 Å². The molecular formula is C10H18N2OS. The fraction of sp³-hybridized carbons (Fsp3) is 0.800. The van der Waals surface area contributed by atoms with Gasteiger partial charge >= 0.3 is 0 Å². The summed E-state index contributed by atoms with van der Waals surface area (Å²) >= 11 is 4.83. The van der Waals surface area contributed by atoms with Gasteiger partial charge in [-0.05, 0) is 26.7 Å². The molecule has 2 N–H and O–H groups in total. The van der Waals surface area contributed by atoms with Crippen LogP contribution in [0.5, 0.6) is 0 Å². The molecule has 14 heavy (non-hydrogen) atoms. The Balaban J connectivity index is 2.56. The number of hydrogen-bond donors (Lipinski definition) is 1. The molecule has 0 aliphatic heterocycles. The Morgan fingerprint density at radius 2 is 2.14 bits per heavy atom. The Hall–Kier alpha value is -0.640. The summed E-state index contributed by atoms with van der Waals surface area (Å²) in [6.07, 6.45) is 3.23. The topological polar surface area (TPSA) is 46.3 Å². The van der Waals surface area contributed by atoms with E-state index in [9.17, 15) is 4.79 Å². The SMILES string of the molecule is CC(C)N(CC(N)=S)C(=O)C1CCC1. The van der Waals surface area contributed by atoms with E-state index in [1.807, 2.05) is 13.8 Å². The maximum atomic E-state index is 11.9. The monoisotopic (exact) mass is 214 g/mol. The number of nitrogens with two attached hydrogens (primary N) is 1. The van der Waals surface area contributed by atoms with Crippen molar-refractivity contribution in [2.24, 2.45) is 11.7 Å². The van der Waals surface area contributed by atoms with Crippen LogP contribution in [0.15, 0.2) is 0 Å². The van der Waals surface area contributed by atoms with Crippen molar-refractivity contribution in [2.75, 3.05) is 6.54 Å². The first-order valence-corrected chi connectivity index (χ1v) is 5.52. The first kappa shape index (κ1) is 11.4. The van der Waals surface area contributed by atoms with Crippen molar-refractivity contribution >= 4 is 23.1 Å². The smallest absolute Gasteiger partial charge is 0.226 e. The van der Waals surface area contributed by atoms with Crippen LogP contribution in [0.2, 0.25) is 0 Å². The van der Waals surface area contributed by atoms with Crippen LogP contribution in [-0.2, 0) is 4.79 Å². The summed E-state index contributed by atoms with van der Waals surface area (Å²) in [5.74, 6) is 0.450. The van der Waals surface area contributed by atoms with E-state index in [1.165, 1.54) is 6.42 Å². The highest BCUT2D eigenvalue weighted by atomic mass is 32.1. The van der Waals surface area contributed by atoms with Gasteiger partial charge in [-0.2, -0.15) is 0 Å². The molecule has 80 valence electrons. The minimum atomic E-state index is 0.185. The molecular weight excluding hydrogens is 196 g/mol. The lowest BCUT2D eigenvalue weighted by molar-refractivity contribution is -0.139. The Morgan fingerprint density at radius 3 is 2.43 bits per heavy atom. The lowest BCUT2D eigenvalue weighted by atomic mass is 9.84. The molecule has 1 aliphatic carbocycles. The molecule has 1 aliphatic rings. The summed E-state index contributed by atoms with van der Waals surface area (Å²) in [6, 6.07) is 0.185. The molecule has 0 heterocycles. The second-order valence-electron chi connectivity index (χ2n) is 4.15. The standard InChI is InChI=1S/C10H18N2OS/c1-7(2)12(6-9(11)14)10(13)8-4-3-5-8/h7-8H,3-6H2,1-2H3,(H2,11,14). The molecule has 0 bridgehead atoms. The lowest BCUT2D eigenvalue weighted by Gasteiger charge is -2.33. The van der Waals surface area contributed by atoms with Crippen molar-refractivity contribution in [1.29, 1.82) is 0 Å². The largest absolute Gasteiger partial charge is 0.392 e. The average molecular weight is 214 g/mol. The molecule has 0 radical (unpaired) electrons. The number of carbonyl (C=O) groups excluding carboxylic acids is 1. The number of thiocarbonyl (C=S) groups is 1. The summed E-state index contributed by atoms with van der Waals surface area (Å²) in [5.41, 5.74) is 5.47. The second kappa shape index (κ2) is 4.73. The molecule has 0 saturated heterocycles. The lowest BCUT2D eigenvalue weighted by Crippen LogP contribution is -2.46. The van der Waals surface area contributed by atoms with Crippen molar-refractivity contribution in [3.63, 3.8) is 0 Å². The van der Waals surface area contributed by atoms with E-state index < -0.39 is 0 Å². The highest BCUT2D eigenvalue weighted by Crippen LogP contribution is 2.28. The molecule has 3 nitrogen and oxygen atoms in total. The average Bonchev–Trinajstić information content (AvgIpc) is 1.95. The van der Waals surface area contributed by atoms with E-state index >= 15 is 0 Å². The van der Waals surface area contributed by atoms with Crippen LogP contribution >= 0.6 is 12.2 Å². The Labute approximate surface area is 90.6 Å². The van der Waals surface area contributed by atoms with Gasteiger partial charge in [-0.3, -0.25) is 4.79 Å². The molecule has 0 aromatic carbocycles. The Bertz CT molecular complexity index is 236. The summed E-state index contributed by atoms with van der Waals surface area (Å²) in [6.45, 7) is 4.41. The number of hydrogen-bond acceptors (Lipinski definition) is 2. The number of carbonyl (C=O) groups is 1. The van der Waals surface area contributed by atoms with E-state index in [2.05, 4.69) is 0 Å². The molecule has 0 aromatic rings. The fourth-order valence-electron chi connectivity index (χ4n) is 1.57. The highest BCUT2D eigenvalue weighted by Gasteiger charge is 2.30. The fourth-order valence-corrected chi connectivity index (χ4v) is 1.71. The molecule has 1 amide bonds. The minimum Gasteiger partial charge on any atom is -0.392 e. The maximum Gasteiger partial charge on any atom is 0.226 e. The normalized spacial score (nSPS) is 16.5. The molecule has 1 rings (SSSR count). The molecule has 0 atom stereocenters. The third kappa shape index (κ3) is 2.67. The van der Waals surface area contributed by atoms with Crippen molar-refractivity contribution in [3.8, 4) is 0 Å². The number of amides is 1. The summed E-state index contributed by atoms with van der Waals surface area (Å²) < 4.78 is 0. The number of rotatable bonds is 4. The highest BCUT2D eigenvalue weighted by molar-refractivity contribution is 7.80. The van der Waals surface area contributed by atoms with Crippen molar-refractivity contribution in [1.82, 2.24) is 4.90 Å². The van der Waals surface area contributed by atoms with E-state index in [0.29, 0.717) is 11.5 Å². The Kier molecular flexibility index (Phi) is 3.86. The minimum absolute atomic E-state index is 0.185. The zero-order chi connectivity index (χ0) is 10.7. The second-order valence-corrected chi connectivity index (χ2v) is 4.68. The van der Waals surface area contributed by atoms with Crippen LogP contribution < -0.4 is 5.73 Å². The first-order chi connectivity index (χ1) is 6.52. The number of nitrogens with zero attached hydrogens (tertiary/aromatic N) is 1. The zero-order valence-corrected chi connectivity index (χ0v) is 9.64. The van der Waals surface area contributed by atoms with E-state index in [4.69, 9.17) is 18.0 Å². The van der Waals surface area contributed by atoms with Crippen LogP contribution in [0.25, 0.3) is 0 Å². The van der Waals surface area contributed by atoms with Gasteiger partial charge < -0.3 is 10.6 Å². The van der Waals surface area contributed by atoms with Gasteiger partial charge in [-0.1, -0.05) is 18.6 Å². The Morgan fingerprint density at radius 1 is 1.57 bits per heavy atom. The van der Waals surface area contributed by atoms with Gasteiger partial charge in [0.2, 0.25) is 5.91 Å². The molecule has 0 unspecified atom stereocenters. The van der Waals surface area contributed by atoms with Crippen LogP contribution in [0.4, 0.5) is 0 Å². The van der Waals surface area contributed by atoms with Gasteiger partial charge in [-0.25, -0.2) is 0 Å². The zero-order valence-electron chi connectivity index (χ0n) is 8.82. The third-order valence-electron chi connectivity index (χ3n) is 2.69. The molecule has 1 saturated carbocycles. The van der Waals surface area contributed by atoms with E-state index in [1.54, 1.807) is 4.90 Å². The van der Waals surface area contributed by atoms with Gasteiger partial charge in [-0.15, -0.1) is 0 Å². The van der Waals surface area contributed by atoms with Crippen LogP contribution in [-0.4, -0.2) is 28.4 Å².